The number of carbonyl (C=O) groups is 3. The predicted molar refractivity (Wildman–Crippen MR) is 102 cm³/mol. The SMILES string of the molecule is CC(C)(C)OC(=O)NCC(=O)N[C@@H](Cc1ccccc1)C(=O)OC(C)(C)C. The Morgan fingerprint density at radius 3 is 2.00 bits per heavy atom. The van der Waals surface area contributed by atoms with Crippen LogP contribution in [0.5, 0.6) is 0 Å². The minimum atomic E-state index is -0.862. The molecule has 27 heavy (non-hydrogen) atoms. The number of benzene rings is 1. The maximum atomic E-state index is 12.5. The second kappa shape index (κ2) is 9.39. The number of rotatable bonds is 6. The van der Waals surface area contributed by atoms with Gasteiger partial charge in [-0.2, -0.15) is 0 Å². The summed E-state index contributed by atoms with van der Waals surface area (Å²) < 4.78 is 10.5. The molecule has 0 unspecified atom stereocenters. The fraction of sp³-hybridized carbons (Fsp3) is 0.550. The van der Waals surface area contributed by atoms with Gasteiger partial charge in [0.15, 0.2) is 0 Å². The smallest absolute Gasteiger partial charge is 0.408 e. The Kier molecular flexibility index (Phi) is 7.82. The van der Waals surface area contributed by atoms with Gasteiger partial charge in [0, 0.05) is 6.42 Å². The van der Waals surface area contributed by atoms with Crippen molar-refractivity contribution < 1.29 is 23.9 Å². The second-order valence-electron chi connectivity index (χ2n) is 8.20. The number of alkyl carbamates (subject to hydrolysis) is 1. The lowest BCUT2D eigenvalue weighted by molar-refractivity contribution is -0.158. The average Bonchev–Trinajstić information content (AvgIpc) is 2.50. The van der Waals surface area contributed by atoms with Crippen LogP contribution in [-0.4, -0.2) is 41.8 Å². The summed E-state index contributed by atoms with van der Waals surface area (Å²) in [7, 11) is 0. The summed E-state index contributed by atoms with van der Waals surface area (Å²) in [4.78, 5) is 36.3. The van der Waals surface area contributed by atoms with Gasteiger partial charge in [-0.15, -0.1) is 0 Å². The van der Waals surface area contributed by atoms with E-state index in [9.17, 15) is 14.4 Å². The summed E-state index contributed by atoms with van der Waals surface area (Å²) in [6.07, 6.45) is -0.414. The summed E-state index contributed by atoms with van der Waals surface area (Å²) in [6.45, 7) is 10.2. The first kappa shape index (κ1) is 22.5. The molecule has 7 heteroatoms. The molecule has 0 heterocycles. The van der Waals surface area contributed by atoms with Crippen molar-refractivity contribution in [1.82, 2.24) is 10.6 Å². The van der Waals surface area contributed by atoms with Crippen LogP contribution in [-0.2, 0) is 25.5 Å². The van der Waals surface area contributed by atoms with Crippen LogP contribution in [0.15, 0.2) is 30.3 Å². The molecule has 0 radical (unpaired) electrons. The van der Waals surface area contributed by atoms with Gasteiger partial charge in [-0.1, -0.05) is 30.3 Å². The van der Waals surface area contributed by atoms with Gasteiger partial charge in [0.1, 0.15) is 23.8 Å². The van der Waals surface area contributed by atoms with Crippen molar-refractivity contribution in [3.8, 4) is 0 Å². The molecule has 1 aromatic rings. The summed E-state index contributed by atoms with van der Waals surface area (Å²) in [5, 5.41) is 4.99. The minimum absolute atomic E-state index is 0.286. The number of amides is 2. The van der Waals surface area contributed by atoms with Gasteiger partial charge in [-0.05, 0) is 47.1 Å². The van der Waals surface area contributed by atoms with Crippen LogP contribution in [0.2, 0.25) is 0 Å². The van der Waals surface area contributed by atoms with Crippen LogP contribution in [0.1, 0.15) is 47.1 Å². The molecule has 0 aliphatic heterocycles. The first-order chi connectivity index (χ1) is 12.4. The average molecular weight is 378 g/mol. The number of ether oxygens (including phenoxy) is 2. The van der Waals surface area contributed by atoms with E-state index in [-0.39, 0.29) is 13.0 Å². The van der Waals surface area contributed by atoms with Gasteiger partial charge in [-0.25, -0.2) is 9.59 Å². The number of hydrogen-bond donors (Lipinski definition) is 2. The number of hydrogen-bond acceptors (Lipinski definition) is 5. The maximum absolute atomic E-state index is 12.5. The highest BCUT2D eigenvalue weighted by atomic mass is 16.6. The first-order valence-electron chi connectivity index (χ1n) is 8.89. The molecule has 2 amide bonds. The summed E-state index contributed by atoms with van der Waals surface area (Å²) in [5.41, 5.74) is -0.452. The van der Waals surface area contributed by atoms with E-state index in [4.69, 9.17) is 9.47 Å². The molecule has 0 aromatic heterocycles. The summed E-state index contributed by atoms with van der Waals surface area (Å²) in [6, 6.07) is 8.45. The van der Waals surface area contributed by atoms with E-state index in [1.807, 2.05) is 30.3 Å². The largest absolute Gasteiger partial charge is 0.458 e. The predicted octanol–water partition coefficient (Wildman–Crippen LogP) is 2.58. The van der Waals surface area contributed by atoms with E-state index in [2.05, 4.69) is 10.6 Å². The third-order valence-electron chi connectivity index (χ3n) is 3.10. The highest BCUT2D eigenvalue weighted by Gasteiger charge is 2.27. The molecule has 1 rings (SSSR count). The number of esters is 1. The molecule has 1 aromatic carbocycles. The quantitative estimate of drug-likeness (QED) is 0.742. The fourth-order valence-corrected chi connectivity index (χ4v) is 2.13. The Labute approximate surface area is 160 Å². The molecule has 0 fully saturated rings. The van der Waals surface area contributed by atoms with E-state index in [0.717, 1.165) is 5.56 Å². The Morgan fingerprint density at radius 1 is 0.926 bits per heavy atom. The molecule has 0 spiro atoms. The first-order valence-corrected chi connectivity index (χ1v) is 8.89. The molecular weight excluding hydrogens is 348 g/mol. The fourth-order valence-electron chi connectivity index (χ4n) is 2.13. The van der Waals surface area contributed by atoms with Crippen molar-refractivity contribution in [3.63, 3.8) is 0 Å². The van der Waals surface area contributed by atoms with Crippen molar-refractivity contribution in [2.24, 2.45) is 0 Å². The third kappa shape index (κ3) is 10.2. The lowest BCUT2D eigenvalue weighted by Crippen LogP contribution is -2.49. The summed E-state index contributed by atoms with van der Waals surface area (Å²) >= 11 is 0. The molecule has 2 N–H and O–H groups in total. The Hall–Kier alpha value is -2.57. The molecular formula is C20H30N2O5. The molecule has 0 saturated heterocycles. The van der Waals surface area contributed by atoms with Gasteiger partial charge in [0.05, 0.1) is 0 Å². The zero-order valence-corrected chi connectivity index (χ0v) is 16.9. The summed E-state index contributed by atoms with van der Waals surface area (Å²) in [5.74, 6) is -1.04. The van der Waals surface area contributed by atoms with Gasteiger partial charge in [0.2, 0.25) is 5.91 Å². The Morgan fingerprint density at radius 2 is 1.48 bits per heavy atom. The molecule has 0 saturated carbocycles. The molecule has 150 valence electrons. The normalized spacial score (nSPS) is 12.7. The van der Waals surface area contributed by atoms with E-state index in [1.54, 1.807) is 41.5 Å². The maximum Gasteiger partial charge on any atom is 0.408 e. The van der Waals surface area contributed by atoms with Crippen LogP contribution in [0.3, 0.4) is 0 Å². The van der Waals surface area contributed by atoms with E-state index >= 15 is 0 Å². The van der Waals surface area contributed by atoms with Crippen molar-refractivity contribution in [1.29, 1.82) is 0 Å². The van der Waals surface area contributed by atoms with Crippen molar-refractivity contribution in [3.05, 3.63) is 35.9 Å². The molecule has 0 aliphatic rings. The highest BCUT2D eigenvalue weighted by molar-refractivity contribution is 5.87. The zero-order valence-electron chi connectivity index (χ0n) is 16.9. The van der Waals surface area contributed by atoms with Crippen LogP contribution < -0.4 is 10.6 Å². The van der Waals surface area contributed by atoms with E-state index < -0.39 is 35.2 Å². The third-order valence-corrected chi connectivity index (χ3v) is 3.10. The van der Waals surface area contributed by atoms with Gasteiger partial charge in [0.25, 0.3) is 0 Å². The van der Waals surface area contributed by atoms with Gasteiger partial charge < -0.3 is 20.1 Å². The topological polar surface area (TPSA) is 93.7 Å². The van der Waals surface area contributed by atoms with Crippen LogP contribution in [0.25, 0.3) is 0 Å². The van der Waals surface area contributed by atoms with Gasteiger partial charge >= 0.3 is 12.1 Å². The van der Waals surface area contributed by atoms with Crippen LogP contribution >= 0.6 is 0 Å². The van der Waals surface area contributed by atoms with E-state index in [0.29, 0.717) is 0 Å². The standard InChI is InChI=1S/C20H30N2O5/c1-19(2,3)26-17(24)15(12-14-10-8-7-9-11-14)22-16(23)13-21-18(25)27-20(4,5)6/h7-11,15H,12-13H2,1-6H3,(H,21,25)(H,22,23)/t15-/m0/s1. The molecule has 1 atom stereocenters. The number of nitrogens with one attached hydrogen (secondary N) is 2. The zero-order chi connectivity index (χ0) is 20.7. The number of carbonyl (C=O) groups excluding carboxylic acids is 3. The molecule has 7 nitrogen and oxygen atoms in total. The lowest BCUT2D eigenvalue weighted by Gasteiger charge is -2.25. The second-order valence-corrected chi connectivity index (χ2v) is 8.20. The van der Waals surface area contributed by atoms with Crippen LogP contribution in [0.4, 0.5) is 4.79 Å². The van der Waals surface area contributed by atoms with Crippen molar-refractivity contribution >= 4 is 18.0 Å². The van der Waals surface area contributed by atoms with Crippen LogP contribution in [0, 0.1) is 0 Å². The Balaban J connectivity index is 2.71. The molecule has 0 aliphatic carbocycles. The highest BCUT2D eigenvalue weighted by Crippen LogP contribution is 2.11. The Bertz CT molecular complexity index is 645. The van der Waals surface area contributed by atoms with Crippen molar-refractivity contribution in [2.75, 3.05) is 6.54 Å². The van der Waals surface area contributed by atoms with Gasteiger partial charge in [-0.3, -0.25) is 4.79 Å². The minimum Gasteiger partial charge on any atom is -0.458 e. The van der Waals surface area contributed by atoms with E-state index in [1.165, 1.54) is 0 Å². The lowest BCUT2D eigenvalue weighted by atomic mass is 10.1. The van der Waals surface area contributed by atoms with Crippen molar-refractivity contribution in [2.45, 2.75) is 65.2 Å². The molecule has 0 bridgehead atoms. The monoisotopic (exact) mass is 378 g/mol.